The first-order chi connectivity index (χ1) is 9.49. The molecule has 112 valence electrons. The molecule has 0 heterocycles. The highest BCUT2D eigenvalue weighted by atomic mass is 16.2. The van der Waals surface area contributed by atoms with Gasteiger partial charge in [-0.05, 0) is 38.5 Å². The Hall–Kier alpha value is -1.55. The number of nitrogens with zero attached hydrogens (tertiary/aromatic N) is 2. The predicted molar refractivity (Wildman–Crippen MR) is 85.1 cm³/mol. The van der Waals surface area contributed by atoms with Gasteiger partial charge in [0, 0.05) is 38.9 Å². The Morgan fingerprint density at radius 1 is 1.15 bits per heavy atom. The van der Waals surface area contributed by atoms with Crippen LogP contribution in [0.5, 0.6) is 0 Å². The minimum absolute atomic E-state index is 0.159. The molecule has 0 spiro atoms. The van der Waals surface area contributed by atoms with Crippen LogP contribution >= 0.6 is 0 Å². The van der Waals surface area contributed by atoms with Gasteiger partial charge in [0.05, 0.1) is 6.54 Å². The van der Waals surface area contributed by atoms with E-state index in [1.54, 1.807) is 0 Å². The lowest BCUT2D eigenvalue weighted by Crippen LogP contribution is -2.38. The minimum atomic E-state index is 0.159. The molecule has 0 aliphatic heterocycles. The lowest BCUT2D eigenvalue weighted by atomic mass is 10.1. The van der Waals surface area contributed by atoms with E-state index in [-0.39, 0.29) is 11.9 Å². The van der Waals surface area contributed by atoms with Gasteiger partial charge in [-0.1, -0.05) is 12.1 Å². The second-order valence-corrected chi connectivity index (χ2v) is 5.15. The van der Waals surface area contributed by atoms with Crippen molar-refractivity contribution in [3.63, 3.8) is 0 Å². The standard InChI is InChI=1S/C16H27N3O/c1-6-19(7-2)16(20)12-17-13(3)14-8-10-15(11-9-14)18(4)5/h8-11,13,17H,6-7,12H2,1-5H3. The Balaban J connectivity index is 2.54. The van der Waals surface area contributed by atoms with Gasteiger partial charge in [0.1, 0.15) is 0 Å². The SMILES string of the molecule is CCN(CC)C(=O)CNC(C)c1ccc(N(C)C)cc1. The number of benzene rings is 1. The topological polar surface area (TPSA) is 35.6 Å². The van der Waals surface area contributed by atoms with E-state index in [1.165, 1.54) is 11.3 Å². The van der Waals surface area contributed by atoms with E-state index >= 15 is 0 Å². The number of amides is 1. The predicted octanol–water partition coefficient (Wildman–Crippen LogP) is 2.27. The maximum atomic E-state index is 11.9. The number of carbonyl (C=O) groups excluding carboxylic acids is 1. The van der Waals surface area contributed by atoms with E-state index in [4.69, 9.17) is 0 Å². The van der Waals surface area contributed by atoms with E-state index in [9.17, 15) is 4.79 Å². The van der Waals surface area contributed by atoms with Gasteiger partial charge >= 0.3 is 0 Å². The zero-order chi connectivity index (χ0) is 15.1. The first-order valence-corrected chi connectivity index (χ1v) is 7.28. The summed E-state index contributed by atoms with van der Waals surface area (Å²) in [5.41, 5.74) is 2.38. The van der Waals surface area contributed by atoms with Gasteiger partial charge in [-0.3, -0.25) is 4.79 Å². The van der Waals surface area contributed by atoms with E-state index in [2.05, 4.69) is 41.4 Å². The maximum Gasteiger partial charge on any atom is 0.236 e. The molecular formula is C16H27N3O. The van der Waals surface area contributed by atoms with Gasteiger partial charge in [-0.25, -0.2) is 0 Å². The zero-order valence-corrected chi connectivity index (χ0v) is 13.3. The lowest BCUT2D eigenvalue weighted by Gasteiger charge is -2.21. The minimum Gasteiger partial charge on any atom is -0.378 e. The van der Waals surface area contributed by atoms with Gasteiger partial charge in [0.15, 0.2) is 0 Å². The fourth-order valence-electron chi connectivity index (χ4n) is 2.11. The largest absolute Gasteiger partial charge is 0.378 e. The monoisotopic (exact) mass is 277 g/mol. The highest BCUT2D eigenvalue weighted by Crippen LogP contribution is 2.17. The van der Waals surface area contributed by atoms with Crippen molar-refractivity contribution >= 4 is 11.6 Å². The second kappa shape index (κ2) is 7.90. The highest BCUT2D eigenvalue weighted by molar-refractivity contribution is 5.78. The fourth-order valence-corrected chi connectivity index (χ4v) is 2.11. The number of likely N-dealkylation sites (N-methyl/N-ethyl adjacent to an activating group) is 1. The summed E-state index contributed by atoms with van der Waals surface area (Å²) < 4.78 is 0. The number of anilines is 1. The third-order valence-electron chi connectivity index (χ3n) is 3.59. The summed E-state index contributed by atoms with van der Waals surface area (Å²) in [7, 11) is 4.05. The first-order valence-electron chi connectivity index (χ1n) is 7.28. The summed E-state index contributed by atoms with van der Waals surface area (Å²) in [6.45, 7) is 8.01. The van der Waals surface area contributed by atoms with Crippen molar-refractivity contribution < 1.29 is 4.79 Å². The molecule has 1 amide bonds. The van der Waals surface area contributed by atoms with Crippen LogP contribution in [0.2, 0.25) is 0 Å². The van der Waals surface area contributed by atoms with Gasteiger partial charge in [-0.2, -0.15) is 0 Å². The summed E-state index contributed by atoms with van der Waals surface area (Å²) >= 11 is 0. The Kier molecular flexibility index (Phi) is 6.52. The molecule has 0 saturated carbocycles. The van der Waals surface area contributed by atoms with Crippen molar-refractivity contribution in [2.75, 3.05) is 38.6 Å². The maximum absolute atomic E-state index is 11.9. The molecule has 0 aliphatic carbocycles. The third-order valence-corrected chi connectivity index (χ3v) is 3.59. The van der Waals surface area contributed by atoms with Crippen LogP contribution < -0.4 is 10.2 Å². The van der Waals surface area contributed by atoms with Crippen LogP contribution in [0.1, 0.15) is 32.4 Å². The lowest BCUT2D eigenvalue weighted by molar-refractivity contribution is -0.129. The normalized spacial score (nSPS) is 12.1. The van der Waals surface area contributed by atoms with E-state index in [0.717, 1.165) is 13.1 Å². The molecular weight excluding hydrogens is 250 g/mol. The molecule has 0 saturated heterocycles. The number of carbonyl (C=O) groups is 1. The Morgan fingerprint density at radius 3 is 2.15 bits per heavy atom. The number of hydrogen-bond donors (Lipinski definition) is 1. The van der Waals surface area contributed by atoms with Crippen LogP contribution in [0.3, 0.4) is 0 Å². The Labute approximate surface area is 122 Å². The van der Waals surface area contributed by atoms with Gasteiger partial charge in [0.25, 0.3) is 0 Å². The summed E-state index contributed by atoms with van der Waals surface area (Å²) in [6.07, 6.45) is 0. The number of hydrogen-bond acceptors (Lipinski definition) is 3. The summed E-state index contributed by atoms with van der Waals surface area (Å²) in [5, 5.41) is 3.29. The summed E-state index contributed by atoms with van der Waals surface area (Å²) in [6, 6.07) is 8.58. The van der Waals surface area contributed by atoms with Crippen molar-refractivity contribution in [1.82, 2.24) is 10.2 Å². The number of rotatable bonds is 7. The molecule has 20 heavy (non-hydrogen) atoms. The molecule has 4 heteroatoms. The van der Waals surface area contributed by atoms with Crippen LogP contribution in [0.25, 0.3) is 0 Å². The average molecular weight is 277 g/mol. The van der Waals surface area contributed by atoms with E-state index in [1.807, 2.05) is 32.8 Å². The molecule has 1 aromatic rings. The van der Waals surface area contributed by atoms with Gasteiger partial charge in [0.2, 0.25) is 5.91 Å². The molecule has 0 fully saturated rings. The van der Waals surface area contributed by atoms with Gasteiger partial charge < -0.3 is 15.1 Å². The van der Waals surface area contributed by atoms with Crippen molar-refractivity contribution in [2.24, 2.45) is 0 Å². The first kappa shape index (κ1) is 16.5. The second-order valence-electron chi connectivity index (χ2n) is 5.15. The van der Waals surface area contributed by atoms with Gasteiger partial charge in [-0.15, -0.1) is 0 Å². The molecule has 1 rings (SSSR count). The van der Waals surface area contributed by atoms with Crippen molar-refractivity contribution in [1.29, 1.82) is 0 Å². The Morgan fingerprint density at radius 2 is 1.70 bits per heavy atom. The molecule has 0 radical (unpaired) electrons. The molecule has 0 aliphatic rings. The zero-order valence-electron chi connectivity index (χ0n) is 13.3. The number of nitrogens with one attached hydrogen (secondary N) is 1. The molecule has 1 aromatic carbocycles. The Bertz CT molecular complexity index is 410. The molecule has 4 nitrogen and oxygen atoms in total. The average Bonchev–Trinajstić information content (AvgIpc) is 2.46. The van der Waals surface area contributed by atoms with Crippen molar-refractivity contribution in [2.45, 2.75) is 26.8 Å². The molecule has 1 unspecified atom stereocenters. The molecule has 1 N–H and O–H groups in total. The molecule has 0 bridgehead atoms. The van der Waals surface area contributed by atoms with Crippen LogP contribution in [-0.4, -0.2) is 44.5 Å². The fraction of sp³-hybridized carbons (Fsp3) is 0.562. The summed E-state index contributed by atoms with van der Waals surface area (Å²) in [5.74, 6) is 0.159. The van der Waals surface area contributed by atoms with Crippen LogP contribution in [0.15, 0.2) is 24.3 Å². The quantitative estimate of drug-likeness (QED) is 0.830. The van der Waals surface area contributed by atoms with Crippen molar-refractivity contribution in [3.05, 3.63) is 29.8 Å². The van der Waals surface area contributed by atoms with Crippen LogP contribution in [0, 0.1) is 0 Å². The van der Waals surface area contributed by atoms with E-state index in [0.29, 0.717) is 6.54 Å². The molecule has 0 aromatic heterocycles. The summed E-state index contributed by atoms with van der Waals surface area (Å²) in [4.78, 5) is 15.9. The van der Waals surface area contributed by atoms with Crippen LogP contribution in [-0.2, 0) is 4.79 Å². The third kappa shape index (κ3) is 4.53. The van der Waals surface area contributed by atoms with E-state index < -0.39 is 0 Å². The molecule has 1 atom stereocenters. The van der Waals surface area contributed by atoms with Crippen LogP contribution in [0.4, 0.5) is 5.69 Å². The highest BCUT2D eigenvalue weighted by Gasteiger charge is 2.11. The van der Waals surface area contributed by atoms with Crippen molar-refractivity contribution in [3.8, 4) is 0 Å². The smallest absolute Gasteiger partial charge is 0.236 e.